The Morgan fingerprint density at radius 2 is 2.09 bits per heavy atom. The van der Waals surface area contributed by atoms with Crippen LogP contribution in [0.3, 0.4) is 0 Å². The number of hydrogen-bond acceptors (Lipinski definition) is 5. The lowest BCUT2D eigenvalue weighted by Crippen LogP contribution is -2.37. The standard InChI is InChI=1S/C16H23N5O/c1-12-10-16(20-6-8-22-9-7-20)21-15(18-12)11-14(19-21)13-4-2-3-5-17-13/h10-11,13,17H,2-9H2,1H3/t13-/m0/s1. The molecule has 4 heterocycles. The average molecular weight is 301 g/mol. The molecule has 2 aromatic heterocycles. The number of nitrogens with zero attached hydrogens (tertiary/aromatic N) is 4. The van der Waals surface area contributed by atoms with Crippen molar-refractivity contribution in [1.29, 1.82) is 0 Å². The van der Waals surface area contributed by atoms with Crippen LogP contribution in [-0.2, 0) is 4.74 Å². The highest BCUT2D eigenvalue weighted by Crippen LogP contribution is 2.25. The summed E-state index contributed by atoms with van der Waals surface area (Å²) in [6.07, 6.45) is 3.70. The molecule has 22 heavy (non-hydrogen) atoms. The van der Waals surface area contributed by atoms with E-state index in [1.807, 2.05) is 4.52 Å². The van der Waals surface area contributed by atoms with E-state index in [1.165, 1.54) is 12.8 Å². The van der Waals surface area contributed by atoms with Crippen molar-refractivity contribution in [1.82, 2.24) is 19.9 Å². The molecule has 2 aliphatic rings. The molecule has 0 saturated carbocycles. The Morgan fingerprint density at radius 3 is 2.86 bits per heavy atom. The minimum atomic E-state index is 0.369. The Balaban J connectivity index is 1.73. The number of piperidine rings is 1. The Kier molecular flexibility index (Phi) is 3.72. The predicted molar refractivity (Wildman–Crippen MR) is 85.4 cm³/mol. The molecule has 6 nitrogen and oxygen atoms in total. The van der Waals surface area contributed by atoms with Crippen molar-refractivity contribution in [3.63, 3.8) is 0 Å². The lowest BCUT2D eigenvalue weighted by atomic mass is 10.0. The van der Waals surface area contributed by atoms with Gasteiger partial charge in [-0.05, 0) is 26.3 Å². The predicted octanol–water partition coefficient (Wildman–Crippen LogP) is 1.69. The van der Waals surface area contributed by atoms with Crippen molar-refractivity contribution >= 4 is 11.5 Å². The molecule has 0 spiro atoms. The second-order valence-corrected chi connectivity index (χ2v) is 6.20. The van der Waals surface area contributed by atoms with Crippen LogP contribution >= 0.6 is 0 Å². The van der Waals surface area contributed by atoms with Crippen molar-refractivity contribution in [2.24, 2.45) is 0 Å². The van der Waals surface area contributed by atoms with E-state index < -0.39 is 0 Å². The van der Waals surface area contributed by atoms with Gasteiger partial charge < -0.3 is 15.0 Å². The molecule has 0 bridgehead atoms. The van der Waals surface area contributed by atoms with Crippen LogP contribution in [0.5, 0.6) is 0 Å². The molecular formula is C16H23N5O. The maximum absolute atomic E-state index is 5.47. The number of aryl methyl sites for hydroxylation is 1. The largest absolute Gasteiger partial charge is 0.378 e. The van der Waals surface area contributed by atoms with Crippen LogP contribution in [0.1, 0.15) is 36.7 Å². The second kappa shape index (κ2) is 5.85. The van der Waals surface area contributed by atoms with E-state index in [9.17, 15) is 0 Å². The lowest BCUT2D eigenvalue weighted by molar-refractivity contribution is 0.122. The van der Waals surface area contributed by atoms with E-state index in [0.717, 1.165) is 62.1 Å². The molecule has 0 aromatic carbocycles. The van der Waals surface area contributed by atoms with Crippen LogP contribution in [0.25, 0.3) is 5.65 Å². The molecule has 0 unspecified atom stereocenters. The minimum absolute atomic E-state index is 0.369. The molecule has 2 aromatic rings. The number of morpholine rings is 1. The van der Waals surface area contributed by atoms with Gasteiger partial charge >= 0.3 is 0 Å². The number of anilines is 1. The Hall–Kier alpha value is -1.66. The summed E-state index contributed by atoms with van der Waals surface area (Å²) in [4.78, 5) is 7.00. The van der Waals surface area contributed by atoms with E-state index in [0.29, 0.717) is 6.04 Å². The first-order chi connectivity index (χ1) is 10.8. The summed E-state index contributed by atoms with van der Waals surface area (Å²) in [5, 5.41) is 8.43. The Morgan fingerprint density at radius 1 is 1.23 bits per heavy atom. The summed E-state index contributed by atoms with van der Waals surface area (Å²) in [6, 6.07) is 4.64. The zero-order valence-electron chi connectivity index (χ0n) is 13.1. The van der Waals surface area contributed by atoms with Crippen LogP contribution < -0.4 is 10.2 Å². The van der Waals surface area contributed by atoms with E-state index in [2.05, 4.69) is 34.3 Å². The Bertz CT molecular complexity index is 656. The fraction of sp³-hybridized carbons (Fsp3) is 0.625. The van der Waals surface area contributed by atoms with Crippen molar-refractivity contribution in [2.45, 2.75) is 32.2 Å². The second-order valence-electron chi connectivity index (χ2n) is 6.20. The molecule has 6 heteroatoms. The van der Waals surface area contributed by atoms with Gasteiger partial charge in [0.2, 0.25) is 0 Å². The van der Waals surface area contributed by atoms with Gasteiger partial charge in [0.1, 0.15) is 5.82 Å². The smallest absolute Gasteiger partial charge is 0.157 e. The number of nitrogens with one attached hydrogen (secondary N) is 1. The van der Waals surface area contributed by atoms with Crippen LogP contribution in [0.2, 0.25) is 0 Å². The average Bonchev–Trinajstić information content (AvgIpc) is 2.99. The molecule has 0 amide bonds. The van der Waals surface area contributed by atoms with Crippen LogP contribution in [0, 0.1) is 6.92 Å². The summed E-state index contributed by atoms with van der Waals surface area (Å²) < 4.78 is 7.47. The fourth-order valence-corrected chi connectivity index (χ4v) is 3.39. The van der Waals surface area contributed by atoms with Crippen molar-refractivity contribution < 1.29 is 4.74 Å². The first kappa shape index (κ1) is 14.0. The van der Waals surface area contributed by atoms with Gasteiger partial charge in [-0.2, -0.15) is 9.61 Å². The number of aromatic nitrogens is 3. The molecule has 0 aliphatic carbocycles. The van der Waals surface area contributed by atoms with E-state index in [1.54, 1.807) is 0 Å². The van der Waals surface area contributed by atoms with Gasteiger partial charge in [0.05, 0.1) is 24.9 Å². The molecular weight excluding hydrogens is 278 g/mol. The Labute approximate surface area is 130 Å². The van der Waals surface area contributed by atoms with Crippen LogP contribution in [0.15, 0.2) is 12.1 Å². The van der Waals surface area contributed by atoms with Gasteiger partial charge in [-0.25, -0.2) is 4.98 Å². The molecule has 1 N–H and O–H groups in total. The van der Waals surface area contributed by atoms with Crippen LogP contribution in [0.4, 0.5) is 5.82 Å². The molecule has 2 fully saturated rings. The van der Waals surface area contributed by atoms with Gasteiger partial charge in [-0.15, -0.1) is 0 Å². The summed E-state index contributed by atoms with van der Waals surface area (Å²) in [5.41, 5.74) is 3.10. The molecule has 1 atom stereocenters. The van der Waals surface area contributed by atoms with Gasteiger partial charge in [-0.3, -0.25) is 0 Å². The van der Waals surface area contributed by atoms with E-state index >= 15 is 0 Å². The van der Waals surface area contributed by atoms with Crippen molar-refractivity contribution in [3.8, 4) is 0 Å². The van der Waals surface area contributed by atoms with Crippen molar-refractivity contribution in [2.75, 3.05) is 37.7 Å². The number of ether oxygens (including phenoxy) is 1. The normalized spacial score (nSPS) is 23.1. The molecule has 2 saturated heterocycles. The number of hydrogen-bond donors (Lipinski definition) is 1. The quantitative estimate of drug-likeness (QED) is 0.915. The molecule has 4 rings (SSSR count). The van der Waals surface area contributed by atoms with Gasteiger partial charge in [0.15, 0.2) is 5.65 Å². The van der Waals surface area contributed by atoms with E-state index in [-0.39, 0.29) is 0 Å². The maximum atomic E-state index is 5.47. The zero-order chi connectivity index (χ0) is 14.9. The monoisotopic (exact) mass is 301 g/mol. The fourth-order valence-electron chi connectivity index (χ4n) is 3.39. The third kappa shape index (κ3) is 2.57. The van der Waals surface area contributed by atoms with Gasteiger partial charge in [-0.1, -0.05) is 6.42 Å². The highest BCUT2D eigenvalue weighted by molar-refractivity contribution is 5.52. The molecule has 118 valence electrons. The van der Waals surface area contributed by atoms with Gasteiger partial charge in [0, 0.05) is 30.9 Å². The van der Waals surface area contributed by atoms with Gasteiger partial charge in [0.25, 0.3) is 0 Å². The first-order valence-electron chi connectivity index (χ1n) is 8.25. The highest BCUT2D eigenvalue weighted by Gasteiger charge is 2.21. The zero-order valence-corrected chi connectivity index (χ0v) is 13.1. The lowest BCUT2D eigenvalue weighted by Gasteiger charge is -2.29. The molecule has 0 radical (unpaired) electrons. The number of fused-ring (bicyclic) bond motifs is 1. The summed E-state index contributed by atoms with van der Waals surface area (Å²) in [7, 11) is 0. The van der Waals surface area contributed by atoms with E-state index in [4.69, 9.17) is 9.84 Å². The topological polar surface area (TPSA) is 54.7 Å². The third-order valence-electron chi connectivity index (χ3n) is 4.56. The number of rotatable bonds is 2. The SMILES string of the molecule is Cc1cc(N2CCOCC2)n2nc([C@@H]3CCCCN3)cc2n1. The minimum Gasteiger partial charge on any atom is -0.378 e. The summed E-state index contributed by atoms with van der Waals surface area (Å²) >= 11 is 0. The van der Waals surface area contributed by atoms with Crippen molar-refractivity contribution in [3.05, 3.63) is 23.5 Å². The van der Waals surface area contributed by atoms with Crippen LogP contribution in [-0.4, -0.2) is 47.4 Å². The first-order valence-corrected chi connectivity index (χ1v) is 8.25. The summed E-state index contributed by atoms with van der Waals surface area (Å²) in [5.74, 6) is 1.13. The summed E-state index contributed by atoms with van der Waals surface area (Å²) in [6.45, 7) is 6.52. The molecule has 2 aliphatic heterocycles. The highest BCUT2D eigenvalue weighted by atomic mass is 16.5. The third-order valence-corrected chi connectivity index (χ3v) is 4.56. The maximum Gasteiger partial charge on any atom is 0.157 e.